The van der Waals surface area contributed by atoms with Gasteiger partial charge in [0.2, 0.25) is 5.91 Å². The van der Waals surface area contributed by atoms with Gasteiger partial charge in [0.1, 0.15) is 0 Å². The van der Waals surface area contributed by atoms with E-state index in [2.05, 4.69) is 10.5 Å². The standard InChI is InChI=1S/C13H16ClN3O2/c14-10-5-1-8(2-6-10)7-11(18)16-12(9-3-4-9)13(15)17-19/h1-2,5-6,9,12,19H,3-4,7H2,(H2,15,17)(H,16,18). The molecule has 1 aliphatic carbocycles. The van der Waals surface area contributed by atoms with Gasteiger partial charge in [0.05, 0.1) is 12.5 Å². The molecule has 0 aromatic heterocycles. The highest BCUT2D eigenvalue weighted by atomic mass is 35.5. The minimum atomic E-state index is -0.371. The molecule has 1 saturated carbocycles. The van der Waals surface area contributed by atoms with E-state index in [0.717, 1.165) is 18.4 Å². The van der Waals surface area contributed by atoms with Crippen molar-refractivity contribution in [3.63, 3.8) is 0 Å². The van der Waals surface area contributed by atoms with Crippen LogP contribution in [0.25, 0.3) is 0 Å². The largest absolute Gasteiger partial charge is 0.409 e. The van der Waals surface area contributed by atoms with E-state index >= 15 is 0 Å². The highest BCUT2D eigenvalue weighted by Crippen LogP contribution is 2.32. The van der Waals surface area contributed by atoms with Crippen LogP contribution in [0.2, 0.25) is 5.02 Å². The van der Waals surface area contributed by atoms with Crippen molar-refractivity contribution in [2.24, 2.45) is 16.8 Å². The van der Waals surface area contributed by atoms with Gasteiger partial charge in [-0.3, -0.25) is 4.79 Å². The Labute approximate surface area is 116 Å². The lowest BCUT2D eigenvalue weighted by Crippen LogP contribution is -2.46. The molecule has 1 aliphatic rings. The molecule has 1 aromatic rings. The Kier molecular flexibility index (Phi) is 4.27. The van der Waals surface area contributed by atoms with E-state index in [1.807, 2.05) is 0 Å². The summed E-state index contributed by atoms with van der Waals surface area (Å²) in [6, 6.07) is 6.72. The molecule has 1 atom stereocenters. The number of nitrogens with two attached hydrogens (primary N) is 1. The fourth-order valence-corrected chi connectivity index (χ4v) is 2.06. The summed E-state index contributed by atoms with van der Waals surface area (Å²) < 4.78 is 0. The number of hydrogen-bond donors (Lipinski definition) is 3. The lowest BCUT2D eigenvalue weighted by Gasteiger charge is -2.16. The zero-order chi connectivity index (χ0) is 13.8. The lowest BCUT2D eigenvalue weighted by atomic mass is 10.1. The molecular formula is C13H16ClN3O2. The van der Waals surface area contributed by atoms with Crippen molar-refractivity contribution in [1.82, 2.24) is 5.32 Å². The van der Waals surface area contributed by atoms with Crippen molar-refractivity contribution in [1.29, 1.82) is 0 Å². The van der Waals surface area contributed by atoms with Crippen LogP contribution < -0.4 is 11.1 Å². The zero-order valence-electron chi connectivity index (χ0n) is 10.3. The summed E-state index contributed by atoms with van der Waals surface area (Å²) in [5.74, 6) is 0.197. The van der Waals surface area contributed by atoms with Gasteiger partial charge in [-0.15, -0.1) is 0 Å². The van der Waals surface area contributed by atoms with Crippen molar-refractivity contribution in [2.75, 3.05) is 0 Å². The molecule has 19 heavy (non-hydrogen) atoms. The van der Waals surface area contributed by atoms with Gasteiger partial charge in [-0.05, 0) is 36.5 Å². The number of halogens is 1. The predicted molar refractivity (Wildman–Crippen MR) is 73.2 cm³/mol. The highest BCUT2D eigenvalue weighted by Gasteiger charge is 2.35. The first-order valence-corrected chi connectivity index (χ1v) is 6.49. The van der Waals surface area contributed by atoms with E-state index in [4.69, 9.17) is 22.5 Å². The number of nitrogens with zero attached hydrogens (tertiary/aromatic N) is 1. The molecular weight excluding hydrogens is 266 g/mol. The molecule has 1 unspecified atom stereocenters. The van der Waals surface area contributed by atoms with Crippen LogP contribution >= 0.6 is 11.6 Å². The van der Waals surface area contributed by atoms with E-state index in [1.165, 1.54) is 0 Å². The smallest absolute Gasteiger partial charge is 0.225 e. The normalized spacial score (nSPS) is 17.0. The molecule has 0 bridgehead atoms. The first-order chi connectivity index (χ1) is 9.10. The van der Waals surface area contributed by atoms with E-state index < -0.39 is 0 Å². The predicted octanol–water partition coefficient (Wildman–Crippen LogP) is 1.52. The summed E-state index contributed by atoms with van der Waals surface area (Å²) in [5.41, 5.74) is 6.46. The first-order valence-electron chi connectivity index (χ1n) is 6.11. The molecule has 1 aromatic carbocycles. The van der Waals surface area contributed by atoms with Gasteiger partial charge >= 0.3 is 0 Å². The molecule has 1 amide bonds. The van der Waals surface area contributed by atoms with Crippen molar-refractivity contribution in [2.45, 2.75) is 25.3 Å². The van der Waals surface area contributed by atoms with Crippen LogP contribution in [0.15, 0.2) is 29.4 Å². The van der Waals surface area contributed by atoms with Crippen LogP contribution in [0.4, 0.5) is 0 Å². The van der Waals surface area contributed by atoms with Crippen LogP contribution in [0, 0.1) is 5.92 Å². The van der Waals surface area contributed by atoms with E-state index in [1.54, 1.807) is 24.3 Å². The second-order valence-corrected chi connectivity index (χ2v) is 5.15. The van der Waals surface area contributed by atoms with Crippen LogP contribution in [-0.2, 0) is 11.2 Å². The summed E-state index contributed by atoms with van der Waals surface area (Å²) in [6.45, 7) is 0. The van der Waals surface area contributed by atoms with Gasteiger partial charge in [0.25, 0.3) is 0 Å². The number of amides is 1. The molecule has 0 aliphatic heterocycles. The van der Waals surface area contributed by atoms with Gasteiger partial charge in [-0.1, -0.05) is 28.9 Å². The minimum Gasteiger partial charge on any atom is -0.409 e. The minimum absolute atomic E-state index is 0.0620. The average molecular weight is 282 g/mol. The molecule has 0 heterocycles. The summed E-state index contributed by atoms with van der Waals surface area (Å²) in [6.07, 6.45) is 2.23. The highest BCUT2D eigenvalue weighted by molar-refractivity contribution is 6.30. The summed E-state index contributed by atoms with van der Waals surface area (Å²) in [4.78, 5) is 11.9. The molecule has 4 N–H and O–H groups in total. The molecule has 6 heteroatoms. The van der Waals surface area contributed by atoms with Gasteiger partial charge in [0, 0.05) is 5.02 Å². The molecule has 0 radical (unpaired) electrons. The summed E-state index contributed by atoms with van der Waals surface area (Å²) in [5, 5.41) is 15.1. The van der Waals surface area contributed by atoms with Gasteiger partial charge in [-0.2, -0.15) is 0 Å². The van der Waals surface area contributed by atoms with Crippen molar-refractivity contribution in [3.05, 3.63) is 34.9 Å². The van der Waals surface area contributed by atoms with Crippen LogP contribution in [0.1, 0.15) is 18.4 Å². The van der Waals surface area contributed by atoms with Crippen molar-refractivity contribution in [3.8, 4) is 0 Å². The summed E-state index contributed by atoms with van der Waals surface area (Å²) in [7, 11) is 0. The first kappa shape index (κ1) is 13.7. The monoisotopic (exact) mass is 281 g/mol. The Morgan fingerprint density at radius 1 is 1.47 bits per heavy atom. The number of carbonyl (C=O) groups is 1. The molecule has 0 spiro atoms. The summed E-state index contributed by atoms with van der Waals surface area (Å²) >= 11 is 5.78. The van der Waals surface area contributed by atoms with E-state index in [-0.39, 0.29) is 30.1 Å². The number of oxime groups is 1. The van der Waals surface area contributed by atoms with Crippen LogP contribution in [-0.4, -0.2) is 23.0 Å². The third-order valence-electron chi connectivity index (χ3n) is 3.12. The fraction of sp³-hybridized carbons (Fsp3) is 0.385. The van der Waals surface area contributed by atoms with Crippen molar-refractivity contribution >= 4 is 23.3 Å². The Hall–Kier alpha value is -1.75. The maximum absolute atomic E-state index is 11.9. The number of nitrogens with one attached hydrogen (secondary N) is 1. The third-order valence-corrected chi connectivity index (χ3v) is 3.37. The average Bonchev–Trinajstić information content (AvgIpc) is 3.22. The van der Waals surface area contributed by atoms with Crippen LogP contribution in [0.3, 0.4) is 0 Å². The second kappa shape index (κ2) is 5.93. The van der Waals surface area contributed by atoms with Gasteiger partial charge < -0.3 is 16.3 Å². The maximum atomic E-state index is 11.9. The second-order valence-electron chi connectivity index (χ2n) is 4.71. The van der Waals surface area contributed by atoms with E-state index in [9.17, 15) is 4.79 Å². The SMILES string of the molecule is NC(=NO)C(NC(=O)Cc1ccc(Cl)cc1)C1CC1. The fourth-order valence-electron chi connectivity index (χ4n) is 1.94. The van der Waals surface area contributed by atoms with E-state index in [0.29, 0.717) is 5.02 Å². The quantitative estimate of drug-likeness (QED) is 0.331. The molecule has 5 nitrogen and oxygen atoms in total. The number of hydrogen-bond acceptors (Lipinski definition) is 3. The number of amidine groups is 1. The zero-order valence-corrected chi connectivity index (χ0v) is 11.1. The van der Waals surface area contributed by atoms with Crippen molar-refractivity contribution < 1.29 is 10.0 Å². The molecule has 0 saturated heterocycles. The third kappa shape index (κ3) is 3.86. The topological polar surface area (TPSA) is 87.7 Å². The Balaban J connectivity index is 1.94. The molecule has 2 rings (SSSR count). The maximum Gasteiger partial charge on any atom is 0.225 e. The lowest BCUT2D eigenvalue weighted by molar-refractivity contribution is -0.120. The number of rotatable bonds is 5. The molecule has 1 fully saturated rings. The molecule has 102 valence electrons. The van der Waals surface area contributed by atoms with Gasteiger partial charge in [0.15, 0.2) is 5.84 Å². The van der Waals surface area contributed by atoms with Gasteiger partial charge in [-0.25, -0.2) is 0 Å². The Morgan fingerprint density at radius 2 is 2.11 bits per heavy atom. The Morgan fingerprint density at radius 3 is 2.63 bits per heavy atom. The number of benzene rings is 1. The van der Waals surface area contributed by atoms with Crippen LogP contribution in [0.5, 0.6) is 0 Å². The Bertz CT molecular complexity index is 483. The number of carbonyl (C=O) groups excluding carboxylic acids is 1.